The Bertz CT molecular complexity index is 704. The average Bonchev–Trinajstić information content (AvgIpc) is 2.91. The van der Waals surface area contributed by atoms with Gasteiger partial charge >= 0.3 is 5.97 Å². The van der Waals surface area contributed by atoms with E-state index in [1.54, 1.807) is 6.26 Å². The van der Waals surface area contributed by atoms with Gasteiger partial charge in [0.1, 0.15) is 5.58 Å². The molecule has 1 heterocycles. The van der Waals surface area contributed by atoms with E-state index < -0.39 is 18.6 Å². The van der Waals surface area contributed by atoms with Crippen molar-refractivity contribution >= 4 is 22.8 Å². The lowest BCUT2D eigenvalue weighted by atomic mass is 10.0. The number of amides is 1. The van der Waals surface area contributed by atoms with Crippen molar-refractivity contribution in [3.63, 3.8) is 0 Å². The van der Waals surface area contributed by atoms with Gasteiger partial charge in [-0.1, -0.05) is 12.1 Å². The molecule has 1 aromatic heterocycles. The lowest BCUT2D eigenvalue weighted by Crippen LogP contribution is -2.44. The maximum Gasteiger partial charge on any atom is 0.330 e. The van der Waals surface area contributed by atoms with Crippen LogP contribution in [0.15, 0.2) is 22.8 Å². The van der Waals surface area contributed by atoms with Gasteiger partial charge in [0.05, 0.1) is 26.4 Å². The molecule has 0 saturated carbocycles. The number of benzene rings is 1. The first kappa shape index (κ1) is 16.0. The Balaban J connectivity index is 2.16. The molecule has 2 rings (SSSR count). The molecule has 6 heteroatoms. The highest BCUT2D eigenvalue weighted by atomic mass is 16.5. The molecule has 0 fully saturated rings. The summed E-state index contributed by atoms with van der Waals surface area (Å²) in [5, 5.41) is 12.4. The average molecular weight is 305 g/mol. The van der Waals surface area contributed by atoms with Crippen LogP contribution in [0.1, 0.15) is 16.7 Å². The number of hydrogen-bond acceptors (Lipinski definition) is 5. The molecule has 2 N–H and O–H groups in total. The second-order valence-electron chi connectivity index (χ2n) is 5.15. The van der Waals surface area contributed by atoms with Crippen LogP contribution in [0.2, 0.25) is 0 Å². The van der Waals surface area contributed by atoms with Crippen LogP contribution in [0.3, 0.4) is 0 Å². The maximum atomic E-state index is 12.0. The number of methoxy groups -OCH3 is 1. The van der Waals surface area contributed by atoms with Crippen molar-refractivity contribution in [2.75, 3.05) is 13.7 Å². The molecule has 0 radical (unpaired) electrons. The first-order valence-electron chi connectivity index (χ1n) is 6.92. The Labute approximate surface area is 128 Å². The van der Waals surface area contributed by atoms with Crippen molar-refractivity contribution in [3.8, 4) is 0 Å². The van der Waals surface area contributed by atoms with Crippen LogP contribution in [-0.4, -0.2) is 36.7 Å². The zero-order valence-electron chi connectivity index (χ0n) is 12.8. The highest BCUT2D eigenvalue weighted by molar-refractivity contribution is 5.91. The van der Waals surface area contributed by atoms with Gasteiger partial charge in [0.15, 0.2) is 6.04 Å². The number of fused-ring (bicyclic) bond motifs is 1. The molecule has 0 bridgehead atoms. The lowest BCUT2D eigenvalue weighted by molar-refractivity contribution is -0.146. The van der Waals surface area contributed by atoms with E-state index >= 15 is 0 Å². The largest absolute Gasteiger partial charge is 0.467 e. The molecule has 1 atom stereocenters. The number of aliphatic hydroxyl groups excluding tert-OH is 1. The van der Waals surface area contributed by atoms with Gasteiger partial charge in [-0.2, -0.15) is 0 Å². The Hall–Kier alpha value is -2.34. The van der Waals surface area contributed by atoms with E-state index in [0.717, 1.165) is 27.7 Å². The third kappa shape index (κ3) is 3.12. The van der Waals surface area contributed by atoms with Gasteiger partial charge < -0.3 is 19.6 Å². The van der Waals surface area contributed by atoms with Gasteiger partial charge in [0.25, 0.3) is 0 Å². The van der Waals surface area contributed by atoms with Gasteiger partial charge in [-0.15, -0.1) is 0 Å². The van der Waals surface area contributed by atoms with E-state index in [0.29, 0.717) is 0 Å². The normalized spacial score (nSPS) is 12.2. The Morgan fingerprint density at radius 2 is 2.09 bits per heavy atom. The summed E-state index contributed by atoms with van der Waals surface area (Å²) < 4.78 is 10.0. The zero-order valence-corrected chi connectivity index (χ0v) is 12.8. The molecular weight excluding hydrogens is 286 g/mol. The van der Waals surface area contributed by atoms with E-state index in [1.807, 2.05) is 26.0 Å². The summed E-state index contributed by atoms with van der Waals surface area (Å²) in [6.45, 7) is 3.44. The molecule has 22 heavy (non-hydrogen) atoms. The number of furan rings is 1. The summed E-state index contributed by atoms with van der Waals surface area (Å²) in [7, 11) is 1.20. The van der Waals surface area contributed by atoms with Gasteiger partial charge in [0, 0.05) is 10.9 Å². The monoisotopic (exact) mass is 305 g/mol. The summed E-state index contributed by atoms with van der Waals surface area (Å²) in [5.74, 6) is -1.07. The molecule has 0 spiro atoms. The number of nitrogens with one attached hydrogen (secondary N) is 1. The van der Waals surface area contributed by atoms with E-state index in [2.05, 4.69) is 10.1 Å². The van der Waals surface area contributed by atoms with Gasteiger partial charge in [-0.05, 0) is 25.0 Å². The first-order chi connectivity index (χ1) is 10.5. The number of rotatable bonds is 5. The quantitative estimate of drug-likeness (QED) is 0.811. The minimum atomic E-state index is -1.06. The molecule has 0 saturated heterocycles. The summed E-state index contributed by atoms with van der Waals surface area (Å²) in [5.41, 5.74) is 3.64. The van der Waals surface area contributed by atoms with Gasteiger partial charge in [-0.3, -0.25) is 4.79 Å². The minimum Gasteiger partial charge on any atom is -0.467 e. The molecule has 0 aliphatic carbocycles. The lowest BCUT2D eigenvalue weighted by Gasteiger charge is -2.13. The first-order valence-corrected chi connectivity index (χ1v) is 6.92. The number of carbonyl (C=O) groups is 2. The second kappa shape index (κ2) is 6.62. The maximum absolute atomic E-state index is 12.0. The third-order valence-corrected chi connectivity index (χ3v) is 3.70. The highest BCUT2D eigenvalue weighted by Crippen LogP contribution is 2.26. The number of aliphatic hydroxyl groups is 1. The minimum absolute atomic E-state index is 0.0585. The Morgan fingerprint density at radius 1 is 1.36 bits per heavy atom. The number of ether oxygens (including phenoxy) is 1. The van der Waals surface area contributed by atoms with Crippen molar-refractivity contribution in [3.05, 3.63) is 35.1 Å². The van der Waals surface area contributed by atoms with Crippen LogP contribution >= 0.6 is 0 Å². The van der Waals surface area contributed by atoms with Gasteiger partial charge in [0.2, 0.25) is 5.91 Å². The third-order valence-electron chi connectivity index (χ3n) is 3.70. The fourth-order valence-corrected chi connectivity index (χ4v) is 2.26. The fraction of sp³-hybridized carbons (Fsp3) is 0.375. The van der Waals surface area contributed by atoms with Crippen LogP contribution in [0, 0.1) is 13.8 Å². The van der Waals surface area contributed by atoms with Crippen LogP contribution in [0.5, 0.6) is 0 Å². The highest BCUT2D eigenvalue weighted by Gasteiger charge is 2.21. The fourth-order valence-electron chi connectivity index (χ4n) is 2.26. The topological polar surface area (TPSA) is 88.8 Å². The molecule has 0 aliphatic rings. The summed E-state index contributed by atoms with van der Waals surface area (Å²) >= 11 is 0. The molecule has 0 unspecified atom stereocenters. The Kier molecular flexibility index (Phi) is 4.82. The van der Waals surface area contributed by atoms with Crippen molar-refractivity contribution in [1.82, 2.24) is 5.32 Å². The number of carbonyl (C=O) groups excluding carboxylic acids is 2. The molecule has 6 nitrogen and oxygen atoms in total. The molecule has 2 aromatic rings. The Morgan fingerprint density at radius 3 is 2.73 bits per heavy atom. The molecule has 118 valence electrons. The molecular formula is C16H19NO5. The van der Waals surface area contributed by atoms with Crippen molar-refractivity contribution < 1.29 is 23.8 Å². The summed E-state index contributed by atoms with van der Waals surface area (Å²) in [6, 6.07) is 2.83. The van der Waals surface area contributed by atoms with Crippen molar-refractivity contribution in [2.45, 2.75) is 26.3 Å². The van der Waals surface area contributed by atoms with Crippen molar-refractivity contribution in [1.29, 1.82) is 0 Å². The predicted octanol–water partition coefficient (Wildman–Crippen LogP) is 1.24. The second-order valence-corrected chi connectivity index (χ2v) is 5.15. The van der Waals surface area contributed by atoms with E-state index in [9.17, 15) is 9.59 Å². The van der Waals surface area contributed by atoms with Crippen molar-refractivity contribution in [2.24, 2.45) is 0 Å². The van der Waals surface area contributed by atoms with Crippen LogP contribution in [0.25, 0.3) is 11.0 Å². The summed E-state index contributed by atoms with van der Waals surface area (Å²) in [4.78, 5) is 23.4. The summed E-state index contributed by atoms with van der Waals surface area (Å²) in [6.07, 6.45) is 1.60. The van der Waals surface area contributed by atoms with E-state index in [4.69, 9.17) is 9.52 Å². The number of esters is 1. The molecule has 1 aromatic carbocycles. The molecule has 1 amide bonds. The van der Waals surface area contributed by atoms with Crippen LogP contribution in [0.4, 0.5) is 0 Å². The number of hydrogen-bond donors (Lipinski definition) is 2. The SMILES string of the molecule is COC(=O)[C@@H](CO)NC(=O)Cc1coc2c(C)c(C)ccc12. The molecule has 0 aliphatic heterocycles. The van der Waals surface area contributed by atoms with E-state index in [-0.39, 0.29) is 12.3 Å². The van der Waals surface area contributed by atoms with Gasteiger partial charge in [-0.25, -0.2) is 4.79 Å². The smallest absolute Gasteiger partial charge is 0.330 e. The van der Waals surface area contributed by atoms with E-state index in [1.165, 1.54) is 7.11 Å². The van der Waals surface area contributed by atoms with Crippen LogP contribution in [-0.2, 0) is 20.7 Å². The zero-order chi connectivity index (χ0) is 16.3. The predicted molar refractivity (Wildman–Crippen MR) is 80.4 cm³/mol. The number of aryl methyl sites for hydroxylation is 2. The standard InChI is InChI=1S/C16H19NO5/c1-9-4-5-12-11(8-22-15(12)10(9)2)6-14(19)17-13(7-18)16(20)21-3/h4-5,8,13,18H,6-7H2,1-3H3,(H,17,19)/t13-/m1/s1. The van der Waals surface area contributed by atoms with Crippen LogP contribution < -0.4 is 5.32 Å².